The van der Waals surface area contributed by atoms with Gasteiger partial charge < -0.3 is 9.57 Å². The van der Waals surface area contributed by atoms with E-state index in [0.29, 0.717) is 5.56 Å². The summed E-state index contributed by atoms with van der Waals surface area (Å²) in [6.45, 7) is -0.524. The first-order valence-corrected chi connectivity index (χ1v) is 6.73. The molecule has 0 heterocycles. The highest BCUT2D eigenvalue weighted by atomic mass is 35.6. The fourth-order valence-corrected chi connectivity index (χ4v) is 1.38. The lowest BCUT2D eigenvalue weighted by atomic mass is 10.1. The smallest absolute Gasteiger partial charge is 0.440 e. The van der Waals surface area contributed by atoms with Crippen LogP contribution in [0.3, 0.4) is 0 Å². The van der Waals surface area contributed by atoms with Gasteiger partial charge in [0.15, 0.2) is 0 Å². The van der Waals surface area contributed by atoms with Crippen molar-refractivity contribution in [2.45, 2.75) is 10.2 Å². The SMILES string of the molecule is O=C(Cc1ccc([N+](=O)[O-])cc1)ONC(=O)OCC(Cl)(Cl)Cl. The highest BCUT2D eigenvalue weighted by Crippen LogP contribution is 2.25. The molecule has 0 radical (unpaired) electrons. The van der Waals surface area contributed by atoms with E-state index in [2.05, 4.69) is 9.57 Å². The number of ether oxygens (including phenoxy) is 1. The Hall–Kier alpha value is -1.77. The van der Waals surface area contributed by atoms with Crippen molar-refractivity contribution >= 4 is 52.6 Å². The molecule has 0 aliphatic heterocycles. The van der Waals surface area contributed by atoms with E-state index in [4.69, 9.17) is 34.8 Å². The third-order valence-electron chi connectivity index (χ3n) is 2.11. The predicted molar refractivity (Wildman–Crippen MR) is 77.7 cm³/mol. The number of benzene rings is 1. The molecule has 1 rings (SSSR count). The van der Waals surface area contributed by atoms with E-state index in [9.17, 15) is 19.7 Å². The molecule has 1 aromatic carbocycles. The average Bonchev–Trinajstić information content (AvgIpc) is 2.42. The maximum absolute atomic E-state index is 11.4. The standard InChI is InChI=1S/C11H9Cl3N2O6/c12-11(13,14)6-21-10(18)15-22-9(17)5-7-1-3-8(4-2-7)16(19)20/h1-4H,5-6H2,(H,15,18). The fourth-order valence-electron chi connectivity index (χ4n) is 1.21. The third kappa shape index (κ3) is 7.30. The van der Waals surface area contributed by atoms with Crippen molar-refractivity contribution in [3.8, 4) is 0 Å². The highest BCUT2D eigenvalue weighted by molar-refractivity contribution is 6.67. The van der Waals surface area contributed by atoms with Crippen LogP contribution in [0.5, 0.6) is 0 Å². The summed E-state index contributed by atoms with van der Waals surface area (Å²) in [5.41, 5.74) is 2.07. The maximum Gasteiger partial charge on any atom is 0.440 e. The van der Waals surface area contributed by atoms with E-state index in [-0.39, 0.29) is 12.1 Å². The molecule has 0 bridgehead atoms. The maximum atomic E-state index is 11.4. The van der Waals surface area contributed by atoms with Gasteiger partial charge in [-0.3, -0.25) is 10.1 Å². The molecule has 0 spiro atoms. The van der Waals surface area contributed by atoms with E-state index in [1.165, 1.54) is 24.3 Å². The Morgan fingerprint density at radius 1 is 1.23 bits per heavy atom. The van der Waals surface area contributed by atoms with Crippen LogP contribution < -0.4 is 5.48 Å². The van der Waals surface area contributed by atoms with Crippen molar-refractivity contribution in [1.82, 2.24) is 5.48 Å². The van der Waals surface area contributed by atoms with E-state index in [1.807, 2.05) is 0 Å². The molecular weight excluding hydrogens is 362 g/mol. The summed E-state index contributed by atoms with van der Waals surface area (Å²) in [4.78, 5) is 36.9. The lowest BCUT2D eigenvalue weighted by Gasteiger charge is -2.11. The summed E-state index contributed by atoms with van der Waals surface area (Å²) in [5, 5.41) is 10.5. The summed E-state index contributed by atoms with van der Waals surface area (Å²) in [7, 11) is 0. The van der Waals surface area contributed by atoms with Gasteiger partial charge in [0.2, 0.25) is 3.79 Å². The highest BCUT2D eigenvalue weighted by Gasteiger charge is 2.22. The molecule has 1 aromatic rings. The van der Waals surface area contributed by atoms with Crippen LogP contribution in [-0.4, -0.2) is 27.4 Å². The normalized spacial score (nSPS) is 10.7. The molecule has 0 unspecified atom stereocenters. The Bertz CT molecular complexity index is 558. The number of nitrogens with one attached hydrogen (secondary N) is 1. The summed E-state index contributed by atoms with van der Waals surface area (Å²) in [6.07, 6.45) is -1.31. The number of non-ortho nitro benzene ring substituents is 1. The molecule has 120 valence electrons. The molecule has 22 heavy (non-hydrogen) atoms. The largest absolute Gasteiger partial charge is 0.443 e. The van der Waals surface area contributed by atoms with Gasteiger partial charge in [0, 0.05) is 12.1 Å². The minimum Gasteiger partial charge on any atom is -0.443 e. The Balaban J connectivity index is 2.37. The lowest BCUT2D eigenvalue weighted by Crippen LogP contribution is -2.30. The third-order valence-corrected chi connectivity index (χ3v) is 2.44. The Morgan fingerprint density at radius 3 is 2.32 bits per heavy atom. The van der Waals surface area contributed by atoms with Crippen LogP contribution in [0.1, 0.15) is 5.56 Å². The van der Waals surface area contributed by atoms with Crippen LogP contribution in [0.15, 0.2) is 24.3 Å². The minimum absolute atomic E-state index is 0.106. The van der Waals surface area contributed by atoms with Crippen LogP contribution in [0, 0.1) is 10.1 Å². The molecule has 1 N–H and O–H groups in total. The molecule has 0 saturated heterocycles. The van der Waals surface area contributed by atoms with Gasteiger partial charge in [0.1, 0.15) is 6.61 Å². The molecular formula is C11H9Cl3N2O6. The first-order chi connectivity index (χ1) is 10.2. The zero-order valence-electron chi connectivity index (χ0n) is 10.8. The topological polar surface area (TPSA) is 108 Å². The van der Waals surface area contributed by atoms with Gasteiger partial charge in [-0.2, -0.15) is 0 Å². The van der Waals surface area contributed by atoms with Crippen LogP contribution in [0.2, 0.25) is 0 Å². The van der Waals surface area contributed by atoms with Gasteiger partial charge in [-0.25, -0.2) is 9.59 Å². The molecule has 0 aromatic heterocycles. The number of halogens is 3. The number of hydrogen-bond donors (Lipinski definition) is 1. The number of carbonyl (C=O) groups is 2. The fraction of sp³-hybridized carbons (Fsp3) is 0.273. The summed E-state index contributed by atoms with van der Waals surface area (Å²) >= 11 is 16.1. The van der Waals surface area contributed by atoms with Crippen molar-refractivity contribution in [3.63, 3.8) is 0 Å². The Labute approximate surface area is 139 Å². The van der Waals surface area contributed by atoms with E-state index in [0.717, 1.165) is 0 Å². The van der Waals surface area contributed by atoms with Crippen molar-refractivity contribution in [2.75, 3.05) is 6.61 Å². The second-order valence-corrected chi connectivity index (χ2v) is 6.38. The molecule has 0 atom stereocenters. The summed E-state index contributed by atoms with van der Waals surface area (Å²) in [6, 6.07) is 5.26. The van der Waals surface area contributed by atoms with Gasteiger partial charge in [0.05, 0.1) is 11.3 Å². The van der Waals surface area contributed by atoms with E-state index < -0.39 is 27.4 Å². The number of alkyl halides is 3. The lowest BCUT2D eigenvalue weighted by molar-refractivity contribution is -0.384. The zero-order chi connectivity index (χ0) is 16.8. The number of rotatable bonds is 4. The molecule has 0 fully saturated rings. The van der Waals surface area contributed by atoms with Crippen LogP contribution in [0.25, 0.3) is 0 Å². The quantitative estimate of drug-likeness (QED) is 0.495. The zero-order valence-corrected chi connectivity index (χ0v) is 13.0. The Kier molecular flexibility index (Phi) is 6.66. The second-order valence-electron chi connectivity index (χ2n) is 3.87. The van der Waals surface area contributed by atoms with Crippen LogP contribution in [-0.2, 0) is 20.8 Å². The summed E-state index contributed by atoms with van der Waals surface area (Å²) in [5.74, 6) is -0.806. The van der Waals surface area contributed by atoms with E-state index in [1.54, 1.807) is 5.48 Å². The number of nitro groups is 1. The monoisotopic (exact) mass is 370 g/mol. The number of carbonyl (C=O) groups excluding carboxylic acids is 2. The average molecular weight is 372 g/mol. The van der Waals surface area contributed by atoms with Gasteiger partial charge in [-0.1, -0.05) is 46.9 Å². The van der Waals surface area contributed by atoms with Gasteiger partial charge in [-0.05, 0) is 5.56 Å². The molecule has 8 nitrogen and oxygen atoms in total. The molecule has 1 amide bonds. The Morgan fingerprint density at radius 2 is 1.82 bits per heavy atom. The first-order valence-electron chi connectivity index (χ1n) is 5.60. The predicted octanol–water partition coefficient (Wildman–Crippen LogP) is 2.69. The molecule has 0 saturated carbocycles. The van der Waals surface area contributed by atoms with Crippen LogP contribution >= 0.6 is 34.8 Å². The number of nitro benzene ring substituents is 1. The molecule has 11 heteroatoms. The van der Waals surface area contributed by atoms with Crippen molar-refractivity contribution in [1.29, 1.82) is 0 Å². The molecule has 0 aliphatic carbocycles. The van der Waals surface area contributed by atoms with Crippen LogP contribution in [0.4, 0.5) is 10.5 Å². The number of hydrogen-bond acceptors (Lipinski definition) is 6. The van der Waals surface area contributed by atoms with Gasteiger partial charge >= 0.3 is 12.1 Å². The first kappa shape index (κ1) is 18.3. The number of amides is 1. The minimum atomic E-state index is -1.78. The van der Waals surface area contributed by atoms with Crippen molar-refractivity contribution < 1.29 is 24.1 Å². The van der Waals surface area contributed by atoms with Crippen molar-refractivity contribution in [3.05, 3.63) is 39.9 Å². The number of hydroxylamine groups is 1. The van der Waals surface area contributed by atoms with Crippen molar-refractivity contribution in [2.24, 2.45) is 0 Å². The molecule has 0 aliphatic rings. The number of nitrogens with zero attached hydrogens (tertiary/aromatic N) is 1. The van der Waals surface area contributed by atoms with Gasteiger partial charge in [0.25, 0.3) is 5.69 Å². The van der Waals surface area contributed by atoms with E-state index >= 15 is 0 Å². The second kappa shape index (κ2) is 8.02. The van der Waals surface area contributed by atoms with Gasteiger partial charge in [-0.15, -0.1) is 5.48 Å². The summed E-state index contributed by atoms with van der Waals surface area (Å²) < 4.78 is 2.67.